The molecular weight excluding hydrogens is 357 g/mol. The Labute approximate surface area is 155 Å². The summed E-state index contributed by atoms with van der Waals surface area (Å²) in [5.41, 5.74) is 1.36. The van der Waals surface area contributed by atoms with Gasteiger partial charge in [0.15, 0.2) is 6.04 Å². The van der Waals surface area contributed by atoms with Gasteiger partial charge in [-0.2, -0.15) is 18.3 Å². The second-order valence-electron chi connectivity index (χ2n) is 7.96. The number of amides is 1. The van der Waals surface area contributed by atoms with Gasteiger partial charge in [-0.3, -0.25) is 4.79 Å². The van der Waals surface area contributed by atoms with Crippen LogP contribution >= 0.6 is 0 Å². The van der Waals surface area contributed by atoms with Gasteiger partial charge in [-0.1, -0.05) is 29.8 Å². The van der Waals surface area contributed by atoms with Crippen LogP contribution in [-0.2, 0) is 0 Å². The molecule has 0 saturated heterocycles. The molecule has 1 aromatic heterocycles. The van der Waals surface area contributed by atoms with Crippen molar-refractivity contribution < 1.29 is 18.0 Å². The molecular formula is C19H23F3N4O. The number of rotatable bonds is 2. The van der Waals surface area contributed by atoms with E-state index >= 15 is 0 Å². The molecule has 0 aliphatic carbocycles. The Kier molecular flexibility index (Phi) is 4.69. The number of aromatic nitrogens is 2. The first-order valence-corrected chi connectivity index (χ1v) is 8.75. The van der Waals surface area contributed by atoms with Gasteiger partial charge in [-0.25, -0.2) is 4.68 Å². The molecule has 1 aliphatic heterocycles. The minimum Gasteiger partial charge on any atom is -0.363 e. The highest BCUT2D eigenvalue weighted by Gasteiger charge is 2.47. The van der Waals surface area contributed by atoms with E-state index in [4.69, 9.17) is 0 Å². The fourth-order valence-corrected chi connectivity index (χ4v) is 3.15. The van der Waals surface area contributed by atoms with Crippen molar-refractivity contribution in [1.29, 1.82) is 0 Å². The summed E-state index contributed by atoms with van der Waals surface area (Å²) >= 11 is 0. The van der Waals surface area contributed by atoms with E-state index in [2.05, 4.69) is 15.7 Å². The van der Waals surface area contributed by atoms with Crippen LogP contribution in [0.4, 0.5) is 19.0 Å². The SMILES string of the molecule is Cc1ccc([C@@H]2C[C@H](C(F)(F)F)n3ncc(C(=O)NC(C)(C)C)c3N2)cc1. The molecule has 5 nitrogen and oxygen atoms in total. The lowest BCUT2D eigenvalue weighted by Crippen LogP contribution is -2.41. The van der Waals surface area contributed by atoms with Crippen molar-refractivity contribution in [2.45, 2.75) is 57.9 Å². The first-order valence-electron chi connectivity index (χ1n) is 8.75. The minimum atomic E-state index is -4.47. The summed E-state index contributed by atoms with van der Waals surface area (Å²) in [6.07, 6.45) is -3.47. The molecule has 0 fully saturated rings. The summed E-state index contributed by atoms with van der Waals surface area (Å²) in [5, 5.41) is 9.73. The number of halogens is 3. The quantitative estimate of drug-likeness (QED) is 0.813. The minimum absolute atomic E-state index is 0.0934. The zero-order valence-electron chi connectivity index (χ0n) is 15.7. The van der Waals surface area contributed by atoms with Crippen LogP contribution in [0.3, 0.4) is 0 Å². The molecule has 8 heteroatoms. The number of carbonyl (C=O) groups excluding carboxylic acids is 1. The van der Waals surface area contributed by atoms with Gasteiger partial charge in [0.05, 0.1) is 12.2 Å². The van der Waals surface area contributed by atoms with Crippen LogP contribution in [0.25, 0.3) is 0 Å². The number of aryl methyl sites for hydroxylation is 1. The first-order chi connectivity index (χ1) is 12.5. The molecule has 2 heterocycles. The maximum absolute atomic E-state index is 13.7. The molecule has 1 aliphatic rings. The van der Waals surface area contributed by atoms with Crippen LogP contribution < -0.4 is 10.6 Å². The van der Waals surface area contributed by atoms with Crippen molar-refractivity contribution in [3.8, 4) is 0 Å². The molecule has 0 bridgehead atoms. The maximum Gasteiger partial charge on any atom is 0.410 e. The van der Waals surface area contributed by atoms with Gasteiger partial charge in [-0.15, -0.1) is 0 Å². The third kappa shape index (κ3) is 4.09. The lowest BCUT2D eigenvalue weighted by molar-refractivity contribution is -0.173. The Hall–Kier alpha value is -2.51. The summed E-state index contributed by atoms with van der Waals surface area (Å²) in [7, 11) is 0. The lowest BCUT2D eigenvalue weighted by Gasteiger charge is -2.34. The van der Waals surface area contributed by atoms with Crippen LogP contribution in [0.5, 0.6) is 0 Å². The Bertz CT molecular complexity index is 834. The van der Waals surface area contributed by atoms with Crippen molar-refractivity contribution >= 4 is 11.7 Å². The van der Waals surface area contributed by atoms with Crippen molar-refractivity contribution in [1.82, 2.24) is 15.1 Å². The normalized spacial score (nSPS) is 20.0. The second-order valence-corrected chi connectivity index (χ2v) is 7.96. The van der Waals surface area contributed by atoms with Crippen LogP contribution in [0.2, 0.25) is 0 Å². The predicted molar refractivity (Wildman–Crippen MR) is 96.7 cm³/mol. The zero-order chi connectivity index (χ0) is 20.0. The first kappa shape index (κ1) is 19.3. The number of carbonyl (C=O) groups is 1. The number of fused-ring (bicyclic) bond motifs is 1. The van der Waals surface area contributed by atoms with E-state index in [9.17, 15) is 18.0 Å². The Balaban J connectivity index is 2.01. The molecule has 0 saturated carbocycles. The predicted octanol–water partition coefficient (Wildman–Crippen LogP) is 4.38. The van der Waals surface area contributed by atoms with Crippen LogP contribution in [0.1, 0.15) is 60.8 Å². The number of anilines is 1. The third-order valence-corrected chi connectivity index (χ3v) is 4.45. The van der Waals surface area contributed by atoms with E-state index in [-0.39, 0.29) is 17.8 Å². The summed E-state index contributed by atoms with van der Waals surface area (Å²) < 4.78 is 41.9. The smallest absolute Gasteiger partial charge is 0.363 e. The number of hydrogen-bond donors (Lipinski definition) is 2. The lowest BCUT2D eigenvalue weighted by atomic mass is 9.96. The van der Waals surface area contributed by atoms with Crippen LogP contribution in [0.15, 0.2) is 30.5 Å². The second kappa shape index (κ2) is 6.58. The fourth-order valence-electron chi connectivity index (χ4n) is 3.15. The monoisotopic (exact) mass is 380 g/mol. The van der Waals surface area contributed by atoms with Gasteiger partial charge < -0.3 is 10.6 Å². The molecule has 3 rings (SSSR count). The summed E-state index contributed by atoms with van der Waals surface area (Å²) in [6, 6.07) is 4.97. The molecule has 2 N–H and O–H groups in total. The summed E-state index contributed by atoms with van der Waals surface area (Å²) in [6.45, 7) is 7.34. The average Bonchev–Trinajstić information content (AvgIpc) is 2.96. The highest BCUT2D eigenvalue weighted by atomic mass is 19.4. The van der Waals surface area contributed by atoms with Crippen molar-refractivity contribution in [2.24, 2.45) is 0 Å². The van der Waals surface area contributed by atoms with Crippen molar-refractivity contribution in [3.05, 3.63) is 47.2 Å². The van der Waals surface area contributed by atoms with E-state index in [1.54, 1.807) is 12.1 Å². The Morgan fingerprint density at radius 2 is 1.85 bits per heavy atom. The van der Waals surface area contributed by atoms with E-state index in [1.807, 2.05) is 39.8 Å². The number of nitrogens with zero attached hydrogens (tertiary/aromatic N) is 2. The highest BCUT2D eigenvalue weighted by Crippen LogP contribution is 2.44. The van der Waals surface area contributed by atoms with Gasteiger partial charge in [0.1, 0.15) is 11.4 Å². The molecule has 2 aromatic rings. The molecule has 1 amide bonds. The van der Waals surface area contributed by atoms with E-state index in [0.29, 0.717) is 0 Å². The molecule has 146 valence electrons. The third-order valence-electron chi connectivity index (χ3n) is 4.45. The highest BCUT2D eigenvalue weighted by molar-refractivity contribution is 5.99. The number of nitrogens with one attached hydrogen (secondary N) is 2. The van der Waals surface area contributed by atoms with Gasteiger partial charge >= 0.3 is 6.18 Å². The topological polar surface area (TPSA) is 59.0 Å². The van der Waals surface area contributed by atoms with Crippen LogP contribution in [-0.4, -0.2) is 27.4 Å². The standard InChI is InChI=1S/C19H23F3N4O/c1-11-5-7-12(8-6-11)14-9-15(19(20,21)22)26-16(24-14)13(10-23-26)17(27)25-18(2,3)4/h5-8,10,14-15,24H,9H2,1-4H3,(H,25,27)/t14-,15+/m0/s1. The molecule has 1 aromatic carbocycles. The van der Waals surface area contributed by atoms with Gasteiger partial charge in [0, 0.05) is 12.0 Å². The van der Waals surface area contributed by atoms with Crippen molar-refractivity contribution in [2.75, 3.05) is 5.32 Å². The maximum atomic E-state index is 13.7. The molecule has 2 atom stereocenters. The number of benzene rings is 1. The molecule has 27 heavy (non-hydrogen) atoms. The Morgan fingerprint density at radius 3 is 2.41 bits per heavy atom. The van der Waals surface area contributed by atoms with Gasteiger partial charge in [0.25, 0.3) is 5.91 Å². The molecule has 0 spiro atoms. The van der Waals surface area contributed by atoms with E-state index in [1.165, 1.54) is 6.20 Å². The molecule has 0 radical (unpaired) electrons. The summed E-state index contributed by atoms with van der Waals surface area (Å²) in [5.74, 6) is -0.363. The Morgan fingerprint density at radius 1 is 1.22 bits per heavy atom. The van der Waals surface area contributed by atoms with Crippen molar-refractivity contribution in [3.63, 3.8) is 0 Å². The molecule has 0 unspecified atom stereocenters. The van der Waals surface area contributed by atoms with Gasteiger partial charge in [0.2, 0.25) is 0 Å². The number of hydrogen-bond acceptors (Lipinski definition) is 3. The van der Waals surface area contributed by atoms with Gasteiger partial charge in [-0.05, 0) is 33.3 Å². The average molecular weight is 380 g/mol. The van der Waals surface area contributed by atoms with E-state index in [0.717, 1.165) is 15.8 Å². The zero-order valence-corrected chi connectivity index (χ0v) is 15.7. The number of alkyl halides is 3. The fraction of sp³-hybridized carbons (Fsp3) is 0.474. The largest absolute Gasteiger partial charge is 0.410 e. The van der Waals surface area contributed by atoms with E-state index < -0.39 is 29.7 Å². The summed E-state index contributed by atoms with van der Waals surface area (Å²) in [4.78, 5) is 12.6. The van der Waals surface area contributed by atoms with Crippen LogP contribution in [0, 0.1) is 6.92 Å².